The van der Waals surface area contributed by atoms with Crippen molar-refractivity contribution in [3.05, 3.63) is 59.1 Å². The number of rotatable bonds is 10. The molecule has 10 heteroatoms. The van der Waals surface area contributed by atoms with E-state index in [9.17, 15) is 18.0 Å². The molecule has 1 atom stereocenters. The standard InChI is InChI=1S/C25H34ClN3O5S/c1-7-34-22-14-9-8-13-21(22)29(35(6,32)33)17-23(30)28(16-19-11-10-12-20(26)15-19)18(2)24(31)27-25(3,4)5/h8-15,18H,7,16-17H2,1-6H3,(H,27,31)/t18-/m1/s1. The molecule has 0 heterocycles. The molecular weight excluding hydrogens is 490 g/mol. The molecule has 2 rings (SSSR count). The number of carbonyl (C=O) groups is 2. The second-order valence-electron chi connectivity index (χ2n) is 9.24. The van der Waals surface area contributed by atoms with Crippen LogP contribution in [-0.4, -0.2) is 56.1 Å². The van der Waals surface area contributed by atoms with Gasteiger partial charge in [-0.25, -0.2) is 8.42 Å². The van der Waals surface area contributed by atoms with E-state index in [1.165, 1.54) is 4.90 Å². The van der Waals surface area contributed by atoms with Gasteiger partial charge in [0.2, 0.25) is 21.8 Å². The van der Waals surface area contributed by atoms with Gasteiger partial charge in [0.05, 0.1) is 18.6 Å². The number of hydrogen-bond donors (Lipinski definition) is 1. The minimum atomic E-state index is -3.86. The van der Waals surface area contributed by atoms with Gasteiger partial charge in [0.1, 0.15) is 18.3 Å². The quantitative estimate of drug-likeness (QED) is 0.510. The number of nitrogens with zero attached hydrogens (tertiary/aromatic N) is 2. The van der Waals surface area contributed by atoms with Crippen LogP contribution in [0.4, 0.5) is 5.69 Å². The molecule has 0 spiro atoms. The first kappa shape index (κ1) is 28.5. The van der Waals surface area contributed by atoms with Crippen LogP contribution in [0.25, 0.3) is 0 Å². The molecule has 0 saturated heterocycles. The first-order chi connectivity index (χ1) is 16.2. The van der Waals surface area contributed by atoms with Crippen molar-refractivity contribution in [3.63, 3.8) is 0 Å². The molecule has 0 radical (unpaired) electrons. The van der Waals surface area contributed by atoms with Crippen molar-refractivity contribution in [2.24, 2.45) is 0 Å². The molecule has 1 N–H and O–H groups in total. The van der Waals surface area contributed by atoms with Gasteiger partial charge in [-0.3, -0.25) is 13.9 Å². The fraction of sp³-hybridized carbons (Fsp3) is 0.440. The van der Waals surface area contributed by atoms with Crippen LogP contribution in [0.1, 0.15) is 40.2 Å². The van der Waals surface area contributed by atoms with Crippen LogP contribution in [0.15, 0.2) is 48.5 Å². The Labute approximate surface area is 213 Å². The van der Waals surface area contributed by atoms with Gasteiger partial charge in [0.25, 0.3) is 0 Å². The van der Waals surface area contributed by atoms with E-state index in [-0.39, 0.29) is 18.1 Å². The summed E-state index contributed by atoms with van der Waals surface area (Å²) in [4.78, 5) is 27.9. The van der Waals surface area contributed by atoms with E-state index in [1.807, 2.05) is 20.8 Å². The highest BCUT2D eigenvalue weighted by atomic mass is 35.5. The number of para-hydroxylation sites is 2. The molecule has 2 aromatic carbocycles. The molecule has 2 aromatic rings. The van der Waals surface area contributed by atoms with Crippen LogP contribution in [0, 0.1) is 0 Å². The Kier molecular flexibility index (Phi) is 9.57. The van der Waals surface area contributed by atoms with Crippen molar-refractivity contribution in [1.82, 2.24) is 10.2 Å². The molecule has 35 heavy (non-hydrogen) atoms. The third kappa shape index (κ3) is 8.43. The molecule has 0 fully saturated rings. The van der Waals surface area contributed by atoms with Gasteiger partial charge in [0, 0.05) is 17.1 Å². The van der Waals surface area contributed by atoms with E-state index >= 15 is 0 Å². The Bertz CT molecular complexity index is 1150. The number of nitrogens with one attached hydrogen (secondary N) is 1. The highest BCUT2D eigenvalue weighted by molar-refractivity contribution is 7.92. The van der Waals surface area contributed by atoms with Crippen molar-refractivity contribution in [2.45, 2.75) is 52.7 Å². The molecule has 192 valence electrons. The van der Waals surface area contributed by atoms with Crippen molar-refractivity contribution >= 4 is 39.1 Å². The maximum absolute atomic E-state index is 13.6. The summed E-state index contributed by atoms with van der Waals surface area (Å²) in [7, 11) is -3.86. The van der Waals surface area contributed by atoms with Crippen LogP contribution in [0.5, 0.6) is 5.75 Å². The predicted octanol–water partition coefficient (Wildman–Crippen LogP) is 3.84. The number of anilines is 1. The summed E-state index contributed by atoms with van der Waals surface area (Å²) in [6.45, 7) is 8.83. The van der Waals surface area contributed by atoms with Gasteiger partial charge in [-0.1, -0.05) is 35.9 Å². The topological polar surface area (TPSA) is 96.0 Å². The average Bonchev–Trinajstić information content (AvgIpc) is 2.74. The minimum absolute atomic E-state index is 0.0723. The molecule has 0 aliphatic heterocycles. The molecular formula is C25H34ClN3O5S. The SMILES string of the molecule is CCOc1ccccc1N(CC(=O)N(Cc1cccc(Cl)c1)[C@H](C)C(=O)NC(C)(C)C)S(C)(=O)=O. The van der Waals surface area contributed by atoms with Gasteiger partial charge in [-0.15, -0.1) is 0 Å². The summed E-state index contributed by atoms with van der Waals surface area (Å²) >= 11 is 6.12. The molecule has 0 unspecified atom stereocenters. The number of sulfonamides is 1. The molecule has 0 saturated carbocycles. The number of halogens is 1. The Morgan fingerprint density at radius 2 is 1.77 bits per heavy atom. The van der Waals surface area contributed by atoms with Gasteiger partial charge >= 0.3 is 0 Å². The monoisotopic (exact) mass is 523 g/mol. The van der Waals surface area contributed by atoms with E-state index in [1.54, 1.807) is 62.4 Å². The summed E-state index contributed by atoms with van der Waals surface area (Å²) in [6.07, 6.45) is 1.03. The highest BCUT2D eigenvalue weighted by Gasteiger charge is 2.32. The van der Waals surface area contributed by atoms with E-state index in [0.29, 0.717) is 22.9 Å². The minimum Gasteiger partial charge on any atom is -0.492 e. The lowest BCUT2D eigenvalue weighted by Gasteiger charge is -2.33. The smallest absolute Gasteiger partial charge is 0.244 e. The Balaban J connectivity index is 2.45. The largest absolute Gasteiger partial charge is 0.492 e. The summed E-state index contributed by atoms with van der Waals surface area (Å²) in [5, 5.41) is 3.37. The zero-order valence-corrected chi connectivity index (χ0v) is 22.6. The van der Waals surface area contributed by atoms with Gasteiger partial charge in [0.15, 0.2) is 0 Å². The normalized spacial score (nSPS) is 12.5. The Morgan fingerprint density at radius 1 is 1.11 bits per heavy atom. The lowest BCUT2D eigenvalue weighted by atomic mass is 10.1. The van der Waals surface area contributed by atoms with Gasteiger partial charge in [-0.2, -0.15) is 0 Å². The van der Waals surface area contributed by atoms with Crippen molar-refractivity contribution < 1.29 is 22.7 Å². The molecule has 8 nitrogen and oxygen atoms in total. The highest BCUT2D eigenvalue weighted by Crippen LogP contribution is 2.30. The number of hydrogen-bond acceptors (Lipinski definition) is 5. The van der Waals surface area contributed by atoms with E-state index < -0.39 is 34.1 Å². The van der Waals surface area contributed by atoms with Crippen molar-refractivity contribution in [3.8, 4) is 5.75 Å². The van der Waals surface area contributed by atoms with Crippen molar-refractivity contribution in [1.29, 1.82) is 0 Å². The predicted molar refractivity (Wildman–Crippen MR) is 139 cm³/mol. The van der Waals surface area contributed by atoms with Crippen LogP contribution in [0.2, 0.25) is 5.02 Å². The van der Waals surface area contributed by atoms with Crippen LogP contribution >= 0.6 is 11.6 Å². The maximum Gasteiger partial charge on any atom is 0.244 e. The molecule has 0 bridgehead atoms. The van der Waals surface area contributed by atoms with E-state index in [2.05, 4.69) is 5.32 Å². The second kappa shape index (κ2) is 11.8. The molecule has 0 aliphatic rings. The fourth-order valence-electron chi connectivity index (χ4n) is 3.42. The summed E-state index contributed by atoms with van der Waals surface area (Å²) in [6, 6.07) is 12.7. The van der Waals surface area contributed by atoms with E-state index in [4.69, 9.17) is 16.3 Å². The first-order valence-corrected chi connectivity index (χ1v) is 13.5. The number of carbonyl (C=O) groups excluding carboxylic acids is 2. The summed E-state index contributed by atoms with van der Waals surface area (Å²) in [5.74, 6) is -0.556. The van der Waals surface area contributed by atoms with Gasteiger partial charge in [-0.05, 0) is 64.4 Å². The zero-order chi connectivity index (χ0) is 26.4. The number of benzene rings is 2. The lowest BCUT2D eigenvalue weighted by Crippen LogP contribution is -2.54. The third-order valence-corrected chi connectivity index (χ3v) is 6.38. The second-order valence-corrected chi connectivity index (χ2v) is 11.6. The van der Waals surface area contributed by atoms with Crippen molar-refractivity contribution in [2.75, 3.05) is 23.7 Å². The third-order valence-electron chi connectivity index (χ3n) is 5.02. The lowest BCUT2D eigenvalue weighted by molar-refractivity contribution is -0.140. The van der Waals surface area contributed by atoms with E-state index in [0.717, 1.165) is 10.6 Å². The summed E-state index contributed by atoms with van der Waals surface area (Å²) in [5.41, 5.74) is 0.451. The van der Waals surface area contributed by atoms with Gasteiger partial charge < -0.3 is 15.0 Å². The summed E-state index contributed by atoms with van der Waals surface area (Å²) < 4.78 is 32.1. The molecule has 2 amide bonds. The molecule has 0 aromatic heterocycles. The maximum atomic E-state index is 13.6. The Morgan fingerprint density at radius 3 is 2.34 bits per heavy atom. The molecule has 0 aliphatic carbocycles. The van der Waals surface area contributed by atoms with Crippen LogP contribution in [-0.2, 0) is 26.2 Å². The number of ether oxygens (including phenoxy) is 1. The number of amides is 2. The Hall–Kier alpha value is -2.78. The average molecular weight is 524 g/mol. The first-order valence-electron chi connectivity index (χ1n) is 11.3. The zero-order valence-electron chi connectivity index (χ0n) is 21.0. The fourth-order valence-corrected chi connectivity index (χ4v) is 4.49. The van der Waals surface area contributed by atoms with Crippen LogP contribution < -0.4 is 14.4 Å². The van der Waals surface area contributed by atoms with Crippen LogP contribution in [0.3, 0.4) is 0 Å².